The van der Waals surface area contributed by atoms with Gasteiger partial charge in [-0.15, -0.1) is 0 Å². The molecule has 3 N–H and O–H groups in total. The lowest BCUT2D eigenvalue weighted by Crippen LogP contribution is -2.40. The summed E-state index contributed by atoms with van der Waals surface area (Å²) in [6.07, 6.45) is 4.08. The number of H-pyrrole nitrogens is 1. The Hall–Kier alpha value is -2.50. The number of anilines is 1. The Morgan fingerprint density at radius 2 is 1.89 bits per heavy atom. The summed E-state index contributed by atoms with van der Waals surface area (Å²) in [5, 5.41) is 15.1. The van der Waals surface area contributed by atoms with Crippen LogP contribution in [0.3, 0.4) is 0 Å². The molecule has 148 valence electrons. The van der Waals surface area contributed by atoms with Crippen LogP contribution >= 0.6 is 0 Å². The molecule has 1 aliphatic rings. The highest BCUT2D eigenvalue weighted by molar-refractivity contribution is 5.83. The molecular formula is C23H29N3O2. The fourth-order valence-corrected chi connectivity index (χ4v) is 4.17. The van der Waals surface area contributed by atoms with Crippen LogP contribution in [0.5, 0.6) is 5.75 Å². The van der Waals surface area contributed by atoms with Gasteiger partial charge in [-0.3, -0.25) is 0 Å². The van der Waals surface area contributed by atoms with Crippen molar-refractivity contribution in [2.75, 3.05) is 38.6 Å². The normalized spacial score (nSPS) is 16.9. The number of para-hydroxylation sites is 1. The number of hydrogen-bond acceptors (Lipinski definition) is 4. The highest BCUT2D eigenvalue weighted by Crippen LogP contribution is 2.33. The number of nitrogens with one attached hydrogen (secondary N) is 2. The number of β-amino-alcohol motifs (C(OH)–C–C–N with tert-alkyl or cyclic N) is 1. The number of aromatic nitrogens is 1. The number of ether oxygens (including phenoxy) is 1. The van der Waals surface area contributed by atoms with Gasteiger partial charge in [0.25, 0.3) is 0 Å². The molecule has 0 saturated carbocycles. The van der Waals surface area contributed by atoms with Gasteiger partial charge in [-0.25, -0.2) is 0 Å². The molecule has 3 aromatic rings. The van der Waals surface area contributed by atoms with Crippen molar-refractivity contribution in [3.05, 3.63) is 60.3 Å². The summed E-state index contributed by atoms with van der Waals surface area (Å²) >= 11 is 0. The zero-order chi connectivity index (χ0) is 19.3. The van der Waals surface area contributed by atoms with Crippen LogP contribution in [-0.4, -0.2) is 54.4 Å². The average molecular weight is 380 g/mol. The van der Waals surface area contributed by atoms with Gasteiger partial charge in [-0.05, 0) is 67.7 Å². The van der Waals surface area contributed by atoms with E-state index in [2.05, 4.69) is 45.7 Å². The maximum atomic E-state index is 10.4. The Kier molecular flexibility index (Phi) is 5.84. The van der Waals surface area contributed by atoms with Crippen LogP contribution in [0.15, 0.2) is 54.7 Å². The van der Waals surface area contributed by atoms with Crippen molar-refractivity contribution in [2.24, 2.45) is 0 Å². The second-order valence-corrected chi connectivity index (χ2v) is 7.63. The Morgan fingerprint density at radius 1 is 1.14 bits per heavy atom. The van der Waals surface area contributed by atoms with Crippen LogP contribution in [0.1, 0.15) is 24.3 Å². The van der Waals surface area contributed by atoms with Crippen LogP contribution in [0.2, 0.25) is 0 Å². The summed E-state index contributed by atoms with van der Waals surface area (Å²) in [4.78, 5) is 5.78. The minimum absolute atomic E-state index is 0.383. The molecule has 2 aromatic carbocycles. The van der Waals surface area contributed by atoms with Gasteiger partial charge < -0.3 is 25.0 Å². The molecule has 0 radical (unpaired) electrons. The molecule has 1 fully saturated rings. The van der Waals surface area contributed by atoms with Gasteiger partial charge in [0, 0.05) is 35.9 Å². The minimum atomic E-state index is -0.383. The molecule has 0 aliphatic carbocycles. The summed E-state index contributed by atoms with van der Waals surface area (Å²) in [7, 11) is 1.66. The molecule has 1 unspecified atom stereocenters. The van der Waals surface area contributed by atoms with E-state index in [1.54, 1.807) is 7.11 Å². The van der Waals surface area contributed by atoms with Gasteiger partial charge in [-0.2, -0.15) is 0 Å². The number of nitrogens with zero attached hydrogens (tertiary/aromatic N) is 1. The zero-order valence-corrected chi connectivity index (χ0v) is 16.4. The van der Waals surface area contributed by atoms with E-state index < -0.39 is 0 Å². The largest absolute Gasteiger partial charge is 0.497 e. The Morgan fingerprint density at radius 3 is 2.64 bits per heavy atom. The molecule has 4 rings (SSSR count). The SMILES string of the molecule is COc1ccc(NCC(O)CN2CCC(c3c[nH]c4ccccc34)CC2)cc1. The minimum Gasteiger partial charge on any atom is -0.497 e. The Bertz CT molecular complexity index is 882. The first-order valence-corrected chi connectivity index (χ1v) is 10.1. The average Bonchev–Trinajstić information content (AvgIpc) is 3.17. The van der Waals surface area contributed by atoms with E-state index in [-0.39, 0.29) is 6.10 Å². The lowest BCUT2D eigenvalue weighted by Gasteiger charge is -2.33. The maximum absolute atomic E-state index is 10.4. The van der Waals surface area contributed by atoms with Gasteiger partial charge in [0.2, 0.25) is 0 Å². The lowest BCUT2D eigenvalue weighted by molar-refractivity contribution is 0.105. The number of rotatable bonds is 7. The number of methoxy groups -OCH3 is 1. The second kappa shape index (κ2) is 8.67. The maximum Gasteiger partial charge on any atom is 0.119 e. The lowest BCUT2D eigenvalue weighted by atomic mass is 9.89. The zero-order valence-electron chi connectivity index (χ0n) is 16.4. The van der Waals surface area contributed by atoms with Gasteiger partial charge in [-0.1, -0.05) is 18.2 Å². The summed E-state index contributed by atoms with van der Waals surface area (Å²) in [6, 6.07) is 16.3. The standard InChI is InChI=1S/C23H29N3O2/c1-28-20-8-6-18(7-9-20)24-14-19(27)16-26-12-10-17(11-13-26)22-15-25-23-5-3-2-4-21(22)23/h2-9,15,17,19,24-25,27H,10-14,16H2,1H3. The van der Waals surface area contributed by atoms with Crippen LogP contribution in [0, 0.1) is 0 Å². The molecule has 1 aliphatic heterocycles. The Balaban J connectivity index is 1.24. The number of aliphatic hydroxyl groups excluding tert-OH is 1. The quantitative estimate of drug-likeness (QED) is 0.584. The van der Waals surface area contributed by atoms with E-state index in [9.17, 15) is 5.11 Å². The molecular weight excluding hydrogens is 350 g/mol. The smallest absolute Gasteiger partial charge is 0.119 e. The van der Waals surface area contributed by atoms with Crippen molar-refractivity contribution in [1.82, 2.24) is 9.88 Å². The van der Waals surface area contributed by atoms with Gasteiger partial charge in [0.05, 0.1) is 13.2 Å². The molecule has 2 heterocycles. The molecule has 1 aromatic heterocycles. The number of piperidine rings is 1. The first-order chi connectivity index (χ1) is 13.7. The summed E-state index contributed by atoms with van der Waals surface area (Å²) < 4.78 is 5.17. The number of likely N-dealkylation sites (tertiary alicyclic amines) is 1. The van der Waals surface area contributed by atoms with Crippen LogP contribution in [-0.2, 0) is 0 Å². The first-order valence-electron chi connectivity index (χ1n) is 10.1. The Labute approximate surface area is 166 Å². The molecule has 1 saturated heterocycles. The van der Waals surface area contributed by atoms with E-state index in [0.717, 1.165) is 37.4 Å². The van der Waals surface area contributed by atoms with E-state index in [4.69, 9.17) is 4.74 Å². The first kappa shape index (κ1) is 18.8. The number of hydrogen-bond donors (Lipinski definition) is 3. The van der Waals surface area contributed by atoms with Crippen molar-refractivity contribution in [1.29, 1.82) is 0 Å². The van der Waals surface area contributed by atoms with Gasteiger partial charge in [0.15, 0.2) is 0 Å². The predicted molar refractivity (Wildman–Crippen MR) is 114 cm³/mol. The number of aliphatic hydroxyl groups is 1. The third-order valence-electron chi connectivity index (χ3n) is 5.75. The van der Waals surface area contributed by atoms with Crippen molar-refractivity contribution < 1.29 is 9.84 Å². The van der Waals surface area contributed by atoms with Crippen molar-refractivity contribution in [3.8, 4) is 5.75 Å². The summed E-state index contributed by atoms with van der Waals surface area (Å²) in [5.74, 6) is 1.44. The number of fused-ring (bicyclic) bond motifs is 1. The third kappa shape index (κ3) is 4.32. The van der Waals surface area contributed by atoms with E-state index >= 15 is 0 Å². The predicted octanol–water partition coefficient (Wildman–Crippen LogP) is 3.83. The monoisotopic (exact) mass is 379 g/mol. The third-order valence-corrected chi connectivity index (χ3v) is 5.75. The van der Waals surface area contributed by atoms with Crippen molar-refractivity contribution >= 4 is 16.6 Å². The van der Waals surface area contributed by atoms with Crippen LogP contribution in [0.4, 0.5) is 5.69 Å². The number of aromatic amines is 1. The van der Waals surface area contributed by atoms with Gasteiger partial charge >= 0.3 is 0 Å². The molecule has 1 atom stereocenters. The highest BCUT2D eigenvalue weighted by Gasteiger charge is 2.23. The molecule has 5 nitrogen and oxygen atoms in total. The fraction of sp³-hybridized carbons (Fsp3) is 0.391. The topological polar surface area (TPSA) is 60.5 Å². The van der Waals surface area contributed by atoms with Crippen LogP contribution in [0.25, 0.3) is 10.9 Å². The molecule has 28 heavy (non-hydrogen) atoms. The molecule has 0 amide bonds. The summed E-state index contributed by atoms with van der Waals surface area (Å²) in [6.45, 7) is 3.33. The van der Waals surface area contributed by atoms with E-state index in [1.165, 1.54) is 16.5 Å². The second-order valence-electron chi connectivity index (χ2n) is 7.63. The molecule has 0 bridgehead atoms. The highest BCUT2D eigenvalue weighted by atomic mass is 16.5. The van der Waals surface area contributed by atoms with Crippen molar-refractivity contribution in [3.63, 3.8) is 0 Å². The molecule has 0 spiro atoms. The molecule has 5 heteroatoms. The number of benzene rings is 2. The fourth-order valence-electron chi connectivity index (χ4n) is 4.17. The van der Waals surface area contributed by atoms with E-state index in [1.807, 2.05) is 24.3 Å². The summed E-state index contributed by atoms with van der Waals surface area (Å²) in [5.41, 5.74) is 3.66. The van der Waals surface area contributed by atoms with Crippen molar-refractivity contribution in [2.45, 2.75) is 24.9 Å². The van der Waals surface area contributed by atoms with Gasteiger partial charge in [0.1, 0.15) is 5.75 Å². The van der Waals surface area contributed by atoms with Crippen LogP contribution < -0.4 is 10.1 Å². The van der Waals surface area contributed by atoms with E-state index in [0.29, 0.717) is 19.0 Å².